The highest BCUT2D eigenvalue weighted by Crippen LogP contribution is 2.07. The fourth-order valence-electron chi connectivity index (χ4n) is 1.62. The Morgan fingerprint density at radius 2 is 1.93 bits per heavy atom. The molecule has 0 aromatic rings. The Bertz CT molecular complexity index is 257. The molecule has 0 aromatic heterocycles. The number of sulfone groups is 1. The van der Waals surface area contributed by atoms with Crippen molar-refractivity contribution in [3.05, 3.63) is 0 Å². The highest BCUT2D eigenvalue weighted by Gasteiger charge is 2.30. The van der Waals surface area contributed by atoms with Gasteiger partial charge >= 0.3 is 0 Å². The van der Waals surface area contributed by atoms with Crippen LogP contribution in [0.3, 0.4) is 0 Å². The van der Waals surface area contributed by atoms with Gasteiger partial charge in [0.15, 0.2) is 9.84 Å². The molecule has 94 valence electrons. The van der Waals surface area contributed by atoms with Crippen molar-refractivity contribution in [3.63, 3.8) is 0 Å². The van der Waals surface area contributed by atoms with Crippen LogP contribution in [-0.2, 0) is 9.84 Å². The normalized spacial score (nSPS) is 23.3. The third-order valence-corrected chi connectivity index (χ3v) is 4.21. The number of halogens is 2. The predicted octanol–water partition coefficient (Wildman–Crippen LogP) is -9.11. The molecule has 1 heterocycles. The fourth-order valence-corrected chi connectivity index (χ4v) is 3.40. The molecule has 4 nitrogen and oxygen atoms in total. The molecule has 3 N–H and O–H groups in total. The second-order valence-electron chi connectivity index (χ2n) is 4.14. The zero-order valence-electron chi connectivity index (χ0n) is 9.17. The van der Waals surface area contributed by atoms with Crippen molar-refractivity contribution < 1.29 is 43.4 Å². The van der Waals surface area contributed by atoms with Gasteiger partial charge in [0, 0.05) is 6.42 Å². The van der Waals surface area contributed by atoms with E-state index in [0.717, 1.165) is 19.5 Å². The van der Waals surface area contributed by atoms with Crippen molar-refractivity contribution >= 4 is 9.84 Å². The van der Waals surface area contributed by atoms with Crippen molar-refractivity contribution in [2.45, 2.75) is 12.5 Å². The quantitative estimate of drug-likeness (QED) is 0.537. The molecule has 0 aliphatic carbocycles. The van der Waals surface area contributed by atoms with Gasteiger partial charge in [-0.25, -0.2) is 8.42 Å². The molecule has 1 fully saturated rings. The second kappa shape index (κ2) is 7.68. The molecule has 1 aliphatic rings. The first-order valence-corrected chi connectivity index (χ1v) is 6.64. The summed E-state index contributed by atoms with van der Waals surface area (Å²) in [5.41, 5.74) is 0. The largest absolute Gasteiger partial charge is 1.00 e. The summed E-state index contributed by atoms with van der Waals surface area (Å²) in [5.74, 6) is 0.777. The number of likely N-dealkylation sites (N-methyl/N-ethyl adjacent to an activating group) is 1. The molecular weight excluding hydrogens is 259 g/mol. The van der Waals surface area contributed by atoms with Crippen LogP contribution in [-0.4, -0.2) is 53.2 Å². The molecule has 0 bridgehead atoms. The Kier molecular flexibility index (Phi) is 9.13. The van der Waals surface area contributed by atoms with Gasteiger partial charge in [0.2, 0.25) is 0 Å². The number of hydrogen-bond donors (Lipinski definition) is 2. The molecule has 0 amide bonds. The van der Waals surface area contributed by atoms with E-state index in [2.05, 4.69) is 19.4 Å². The van der Waals surface area contributed by atoms with E-state index in [1.165, 1.54) is 4.90 Å². The van der Waals surface area contributed by atoms with Gasteiger partial charge in [0.1, 0.15) is 24.9 Å². The van der Waals surface area contributed by atoms with Crippen LogP contribution in [0, 0.1) is 0 Å². The zero-order valence-corrected chi connectivity index (χ0v) is 11.5. The third-order valence-electron chi connectivity index (χ3n) is 2.41. The van der Waals surface area contributed by atoms with Gasteiger partial charge in [0.25, 0.3) is 0 Å². The molecule has 0 radical (unpaired) electrons. The smallest absolute Gasteiger partial charge is 0.156 e. The lowest BCUT2D eigenvalue weighted by molar-refractivity contribution is -0.876. The number of hydrogen-bond acceptors (Lipinski definition) is 2. The summed E-state index contributed by atoms with van der Waals surface area (Å²) in [6.07, 6.45) is 0.838. The maximum absolute atomic E-state index is 11.1. The lowest BCUT2D eigenvalue weighted by Crippen LogP contribution is -3.10. The van der Waals surface area contributed by atoms with Crippen LogP contribution in [0.4, 0.5) is 0 Å². The first-order valence-electron chi connectivity index (χ1n) is 4.82. The standard InChI is InChI=1S/C8H18N2O2S.2ClH/c1-10(2)5-4-9-8-3-6-13(11,12)7-8;;/h8-9H,3-7H2,1-2H3;2*1H. The molecule has 15 heavy (non-hydrogen) atoms. The molecule has 1 unspecified atom stereocenters. The van der Waals surface area contributed by atoms with E-state index >= 15 is 0 Å². The van der Waals surface area contributed by atoms with Crippen molar-refractivity contribution in [3.8, 4) is 0 Å². The van der Waals surface area contributed by atoms with Crippen LogP contribution in [0.25, 0.3) is 0 Å². The lowest BCUT2D eigenvalue weighted by Gasteiger charge is -2.09. The van der Waals surface area contributed by atoms with E-state index < -0.39 is 9.84 Å². The van der Waals surface area contributed by atoms with E-state index in [1.807, 2.05) is 0 Å². The molecular formula is C8H20Cl2N2O2S. The first-order chi connectivity index (χ1) is 5.99. The zero-order chi connectivity index (χ0) is 9.90. The van der Waals surface area contributed by atoms with Crippen molar-refractivity contribution in [1.29, 1.82) is 0 Å². The lowest BCUT2D eigenvalue weighted by atomic mass is 10.2. The Hall–Kier alpha value is 0.450. The SMILES string of the molecule is C[NH+](C)CC[NH2+]C1CCS(=O)(=O)C1.[Cl-].[Cl-]. The van der Waals surface area contributed by atoms with Crippen LogP contribution in [0.1, 0.15) is 6.42 Å². The minimum atomic E-state index is -2.68. The Morgan fingerprint density at radius 1 is 1.33 bits per heavy atom. The van der Waals surface area contributed by atoms with Crippen LogP contribution in [0.5, 0.6) is 0 Å². The monoisotopic (exact) mass is 278 g/mol. The van der Waals surface area contributed by atoms with Crippen molar-refractivity contribution in [2.75, 3.05) is 38.7 Å². The van der Waals surface area contributed by atoms with Gasteiger partial charge in [-0.3, -0.25) is 0 Å². The summed E-state index contributed by atoms with van der Waals surface area (Å²) in [7, 11) is 1.54. The Labute approximate surface area is 105 Å². The molecule has 1 rings (SSSR count). The first kappa shape index (κ1) is 17.8. The summed E-state index contributed by atoms with van der Waals surface area (Å²) in [6, 6.07) is 0.323. The molecule has 0 aromatic carbocycles. The van der Waals surface area contributed by atoms with Gasteiger partial charge in [-0.15, -0.1) is 0 Å². The third kappa shape index (κ3) is 7.36. The predicted molar refractivity (Wildman–Crippen MR) is 51.5 cm³/mol. The fraction of sp³-hybridized carbons (Fsp3) is 1.00. The average molecular weight is 279 g/mol. The van der Waals surface area contributed by atoms with E-state index in [1.54, 1.807) is 0 Å². The summed E-state index contributed by atoms with van der Waals surface area (Å²) < 4.78 is 22.2. The summed E-state index contributed by atoms with van der Waals surface area (Å²) >= 11 is 0. The van der Waals surface area contributed by atoms with E-state index in [0.29, 0.717) is 17.5 Å². The van der Waals surface area contributed by atoms with Gasteiger partial charge in [-0.05, 0) is 0 Å². The maximum Gasteiger partial charge on any atom is 0.156 e. The number of nitrogens with one attached hydrogen (secondary N) is 1. The minimum Gasteiger partial charge on any atom is -1.00 e. The van der Waals surface area contributed by atoms with Gasteiger partial charge in [-0.2, -0.15) is 0 Å². The van der Waals surface area contributed by atoms with E-state index in [-0.39, 0.29) is 24.8 Å². The average Bonchev–Trinajstić information content (AvgIpc) is 2.29. The molecule has 7 heteroatoms. The Morgan fingerprint density at radius 3 is 2.33 bits per heavy atom. The molecule has 1 saturated heterocycles. The highest BCUT2D eigenvalue weighted by atomic mass is 35.5. The van der Waals surface area contributed by atoms with Crippen LogP contribution in [0.15, 0.2) is 0 Å². The van der Waals surface area contributed by atoms with Crippen LogP contribution in [0.2, 0.25) is 0 Å². The van der Waals surface area contributed by atoms with E-state index in [9.17, 15) is 8.42 Å². The number of quaternary nitrogens is 2. The Balaban J connectivity index is 0. The van der Waals surface area contributed by atoms with Gasteiger partial charge in [0.05, 0.1) is 19.8 Å². The summed E-state index contributed by atoms with van der Waals surface area (Å²) in [6.45, 7) is 2.12. The topological polar surface area (TPSA) is 55.2 Å². The van der Waals surface area contributed by atoms with Crippen LogP contribution >= 0.6 is 0 Å². The number of rotatable bonds is 4. The highest BCUT2D eigenvalue weighted by molar-refractivity contribution is 7.91. The molecule has 0 spiro atoms. The minimum absolute atomic E-state index is 0. The van der Waals surface area contributed by atoms with Crippen molar-refractivity contribution in [2.24, 2.45) is 0 Å². The van der Waals surface area contributed by atoms with Gasteiger partial charge in [-0.1, -0.05) is 0 Å². The summed E-state index contributed by atoms with van der Waals surface area (Å²) in [5, 5.41) is 2.18. The van der Waals surface area contributed by atoms with Gasteiger partial charge < -0.3 is 35.0 Å². The molecule has 0 saturated carbocycles. The van der Waals surface area contributed by atoms with Crippen molar-refractivity contribution in [1.82, 2.24) is 0 Å². The number of nitrogens with two attached hydrogens (primary N) is 1. The van der Waals surface area contributed by atoms with Crippen LogP contribution < -0.4 is 35.0 Å². The van der Waals surface area contributed by atoms with E-state index in [4.69, 9.17) is 0 Å². The molecule has 1 aliphatic heterocycles. The second-order valence-corrected chi connectivity index (χ2v) is 6.37. The maximum atomic E-state index is 11.1. The molecule has 1 atom stereocenters. The summed E-state index contributed by atoms with van der Waals surface area (Å²) in [4.78, 5) is 1.41.